The lowest BCUT2D eigenvalue weighted by molar-refractivity contribution is 0.0600. The normalized spacial score (nSPS) is 10.3. The Kier molecular flexibility index (Phi) is 5.26. The summed E-state index contributed by atoms with van der Waals surface area (Å²) in [6, 6.07) is 11.2. The Labute approximate surface area is 137 Å². The topological polar surface area (TPSA) is 38.3 Å². The van der Waals surface area contributed by atoms with Gasteiger partial charge in [-0.15, -0.1) is 0 Å². The first-order chi connectivity index (χ1) is 10.0. The smallest absolute Gasteiger partial charge is 0.337 e. The van der Waals surface area contributed by atoms with Crippen molar-refractivity contribution in [1.82, 2.24) is 0 Å². The standard InChI is InChI=1S/C16H15BrClNO2/c1-10-14(18)4-3-5-15(10)19-9-12-7-6-11(8-13(12)17)16(20)21-2/h3-8,19H,9H2,1-2H3. The van der Waals surface area contributed by atoms with Crippen LogP contribution < -0.4 is 5.32 Å². The van der Waals surface area contributed by atoms with Crippen LogP contribution in [-0.4, -0.2) is 13.1 Å². The molecule has 0 atom stereocenters. The average Bonchev–Trinajstić information content (AvgIpc) is 2.49. The SMILES string of the molecule is COC(=O)c1ccc(CNc2cccc(Cl)c2C)c(Br)c1. The van der Waals surface area contributed by atoms with E-state index < -0.39 is 0 Å². The Hall–Kier alpha value is -1.52. The van der Waals surface area contributed by atoms with E-state index >= 15 is 0 Å². The van der Waals surface area contributed by atoms with Gasteiger partial charge < -0.3 is 10.1 Å². The summed E-state index contributed by atoms with van der Waals surface area (Å²) < 4.78 is 5.56. The van der Waals surface area contributed by atoms with Crippen LogP contribution in [0.5, 0.6) is 0 Å². The van der Waals surface area contributed by atoms with E-state index in [2.05, 4.69) is 21.2 Å². The highest BCUT2D eigenvalue weighted by Crippen LogP contribution is 2.25. The second-order valence-electron chi connectivity index (χ2n) is 4.56. The minimum absolute atomic E-state index is 0.346. The third-order valence-electron chi connectivity index (χ3n) is 3.21. The fourth-order valence-corrected chi connectivity index (χ4v) is 2.62. The van der Waals surface area contributed by atoms with E-state index in [1.807, 2.05) is 31.2 Å². The molecule has 0 aliphatic carbocycles. The van der Waals surface area contributed by atoms with Crippen molar-refractivity contribution >= 4 is 39.2 Å². The van der Waals surface area contributed by atoms with E-state index in [0.717, 1.165) is 26.3 Å². The Bertz CT molecular complexity index is 673. The molecule has 0 spiro atoms. The number of halogens is 2. The fourth-order valence-electron chi connectivity index (χ4n) is 1.92. The van der Waals surface area contributed by atoms with E-state index in [1.165, 1.54) is 7.11 Å². The first-order valence-corrected chi connectivity index (χ1v) is 7.55. The van der Waals surface area contributed by atoms with Gasteiger partial charge in [0.15, 0.2) is 0 Å². The Balaban J connectivity index is 2.13. The van der Waals surface area contributed by atoms with Crippen molar-refractivity contribution in [3.8, 4) is 0 Å². The van der Waals surface area contributed by atoms with Crippen LogP contribution in [0.3, 0.4) is 0 Å². The molecule has 0 aliphatic heterocycles. The molecule has 0 unspecified atom stereocenters. The molecule has 0 amide bonds. The lowest BCUT2D eigenvalue weighted by Gasteiger charge is -2.12. The molecule has 0 fully saturated rings. The van der Waals surface area contributed by atoms with Gasteiger partial charge in [0, 0.05) is 21.7 Å². The highest BCUT2D eigenvalue weighted by molar-refractivity contribution is 9.10. The van der Waals surface area contributed by atoms with Gasteiger partial charge in [-0.3, -0.25) is 0 Å². The Morgan fingerprint density at radius 2 is 2.10 bits per heavy atom. The molecule has 2 aromatic rings. The van der Waals surface area contributed by atoms with Crippen LogP contribution in [-0.2, 0) is 11.3 Å². The summed E-state index contributed by atoms with van der Waals surface area (Å²) in [5, 5.41) is 4.08. The number of carbonyl (C=O) groups is 1. The van der Waals surface area contributed by atoms with Crippen molar-refractivity contribution in [3.63, 3.8) is 0 Å². The monoisotopic (exact) mass is 367 g/mol. The number of hydrogen-bond donors (Lipinski definition) is 1. The zero-order valence-corrected chi connectivity index (χ0v) is 14.1. The minimum Gasteiger partial charge on any atom is -0.465 e. The van der Waals surface area contributed by atoms with Gasteiger partial charge in [0.2, 0.25) is 0 Å². The fraction of sp³-hybridized carbons (Fsp3) is 0.188. The van der Waals surface area contributed by atoms with E-state index in [0.29, 0.717) is 12.1 Å². The second kappa shape index (κ2) is 6.96. The molecule has 0 radical (unpaired) electrons. The third-order valence-corrected chi connectivity index (χ3v) is 4.36. The summed E-state index contributed by atoms with van der Waals surface area (Å²) >= 11 is 9.58. The molecule has 0 aliphatic rings. The lowest BCUT2D eigenvalue weighted by Crippen LogP contribution is -2.05. The lowest BCUT2D eigenvalue weighted by atomic mass is 10.1. The zero-order valence-electron chi connectivity index (χ0n) is 11.7. The predicted octanol–water partition coefficient (Wildman–Crippen LogP) is 4.81. The number of hydrogen-bond acceptors (Lipinski definition) is 3. The van der Waals surface area contributed by atoms with Crippen LogP contribution in [0.1, 0.15) is 21.5 Å². The van der Waals surface area contributed by atoms with Gasteiger partial charge in [-0.2, -0.15) is 0 Å². The van der Waals surface area contributed by atoms with E-state index in [1.54, 1.807) is 12.1 Å². The summed E-state index contributed by atoms with van der Waals surface area (Å²) in [6.45, 7) is 2.60. The number of methoxy groups -OCH3 is 1. The van der Waals surface area contributed by atoms with Crippen LogP contribution in [0.2, 0.25) is 5.02 Å². The molecule has 110 valence electrons. The Morgan fingerprint density at radius 1 is 1.33 bits per heavy atom. The molecule has 0 saturated carbocycles. The number of carbonyl (C=O) groups excluding carboxylic acids is 1. The van der Waals surface area contributed by atoms with Crippen molar-refractivity contribution < 1.29 is 9.53 Å². The van der Waals surface area contributed by atoms with Gasteiger partial charge in [0.1, 0.15) is 0 Å². The predicted molar refractivity (Wildman–Crippen MR) is 89.0 cm³/mol. The van der Waals surface area contributed by atoms with Crippen LogP contribution in [0.15, 0.2) is 40.9 Å². The summed E-state index contributed by atoms with van der Waals surface area (Å²) in [6.07, 6.45) is 0. The van der Waals surface area contributed by atoms with Gasteiger partial charge >= 0.3 is 5.97 Å². The van der Waals surface area contributed by atoms with Crippen molar-refractivity contribution in [2.24, 2.45) is 0 Å². The molecule has 0 saturated heterocycles. The molecular weight excluding hydrogens is 354 g/mol. The molecule has 1 N–H and O–H groups in total. The number of rotatable bonds is 4. The molecule has 0 aromatic heterocycles. The van der Waals surface area contributed by atoms with Crippen molar-refractivity contribution in [2.75, 3.05) is 12.4 Å². The first-order valence-electron chi connectivity index (χ1n) is 6.38. The molecule has 2 aromatic carbocycles. The van der Waals surface area contributed by atoms with Gasteiger partial charge in [0.05, 0.1) is 12.7 Å². The number of benzene rings is 2. The molecule has 21 heavy (non-hydrogen) atoms. The van der Waals surface area contributed by atoms with Crippen LogP contribution >= 0.6 is 27.5 Å². The number of nitrogens with one attached hydrogen (secondary N) is 1. The third kappa shape index (κ3) is 3.77. The van der Waals surface area contributed by atoms with Gasteiger partial charge in [-0.25, -0.2) is 4.79 Å². The van der Waals surface area contributed by atoms with Gasteiger partial charge in [-0.1, -0.05) is 39.7 Å². The Morgan fingerprint density at radius 3 is 2.76 bits per heavy atom. The average molecular weight is 369 g/mol. The molecule has 5 heteroatoms. The number of anilines is 1. The second-order valence-corrected chi connectivity index (χ2v) is 5.83. The minimum atomic E-state index is -0.346. The quantitative estimate of drug-likeness (QED) is 0.787. The molecule has 0 bridgehead atoms. The summed E-state index contributed by atoms with van der Waals surface area (Å²) in [7, 11) is 1.37. The maximum absolute atomic E-state index is 11.5. The maximum Gasteiger partial charge on any atom is 0.337 e. The van der Waals surface area contributed by atoms with Crippen LogP contribution in [0.25, 0.3) is 0 Å². The maximum atomic E-state index is 11.5. The highest BCUT2D eigenvalue weighted by atomic mass is 79.9. The van der Waals surface area contributed by atoms with E-state index in [4.69, 9.17) is 16.3 Å². The van der Waals surface area contributed by atoms with Crippen molar-refractivity contribution in [1.29, 1.82) is 0 Å². The van der Waals surface area contributed by atoms with Gasteiger partial charge in [-0.05, 0) is 42.3 Å². The first kappa shape index (κ1) is 15.9. The molecule has 3 nitrogen and oxygen atoms in total. The molecular formula is C16H15BrClNO2. The summed E-state index contributed by atoms with van der Waals surface area (Å²) in [5.41, 5.74) is 3.57. The summed E-state index contributed by atoms with van der Waals surface area (Å²) in [5.74, 6) is -0.346. The summed E-state index contributed by atoms with van der Waals surface area (Å²) in [4.78, 5) is 11.5. The number of ether oxygens (including phenoxy) is 1. The van der Waals surface area contributed by atoms with E-state index in [-0.39, 0.29) is 5.97 Å². The van der Waals surface area contributed by atoms with Gasteiger partial charge in [0.25, 0.3) is 0 Å². The largest absolute Gasteiger partial charge is 0.465 e. The van der Waals surface area contributed by atoms with Crippen molar-refractivity contribution in [3.05, 3.63) is 62.6 Å². The van der Waals surface area contributed by atoms with Crippen LogP contribution in [0, 0.1) is 6.92 Å². The number of esters is 1. The highest BCUT2D eigenvalue weighted by Gasteiger charge is 2.09. The van der Waals surface area contributed by atoms with E-state index in [9.17, 15) is 4.79 Å². The van der Waals surface area contributed by atoms with Crippen molar-refractivity contribution in [2.45, 2.75) is 13.5 Å². The molecule has 0 heterocycles. The molecule has 2 rings (SSSR count). The van der Waals surface area contributed by atoms with Crippen LogP contribution in [0.4, 0.5) is 5.69 Å². The zero-order chi connectivity index (χ0) is 15.4.